The minimum absolute atomic E-state index is 0.153. The second-order valence-corrected chi connectivity index (χ2v) is 7.96. The molecular weight excluding hydrogens is 390 g/mol. The van der Waals surface area contributed by atoms with Gasteiger partial charge in [0.2, 0.25) is 11.0 Å². The maximum atomic E-state index is 12.2. The van der Waals surface area contributed by atoms with Crippen molar-refractivity contribution in [1.29, 1.82) is 0 Å². The van der Waals surface area contributed by atoms with Crippen molar-refractivity contribution < 1.29 is 9.53 Å². The highest BCUT2D eigenvalue weighted by atomic mass is 35.5. The molecule has 1 N–H and O–H groups in total. The molecule has 1 amide bonds. The molecule has 5 nitrogen and oxygen atoms in total. The number of thioether (sulfide) groups is 1. The fourth-order valence-electron chi connectivity index (χ4n) is 2.23. The van der Waals surface area contributed by atoms with E-state index >= 15 is 0 Å². The Labute approximate surface area is 164 Å². The summed E-state index contributed by atoms with van der Waals surface area (Å²) in [6.07, 6.45) is 0.219. The molecule has 0 saturated heterocycles. The van der Waals surface area contributed by atoms with E-state index in [-0.39, 0.29) is 12.3 Å². The molecule has 26 heavy (non-hydrogen) atoms. The molecule has 1 heterocycles. The van der Waals surface area contributed by atoms with Crippen molar-refractivity contribution in [1.82, 2.24) is 10.2 Å². The Bertz CT molecular complexity index is 884. The predicted molar refractivity (Wildman–Crippen MR) is 106 cm³/mol. The van der Waals surface area contributed by atoms with Gasteiger partial charge in [0, 0.05) is 16.3 Å². The molecule has 3 rings (SSSR count). The van der Waals surface area contributed by atoms with Crippen molar-refractivity contribution in [2.24, 2.45) is 0 Å². The highest BCUT2D eigenvalue weighted by molar-refractivity contribution is 8.00. The van der Waals surface area contributed by atoms with E-state index in [2.05, 4.69) is 15.5 Å². The van der Waals surface area contributed by atoms with Crippen molar-refractivity contribution in [3.8, 4) is 5.75 Å². The summed E-state index contributed by atoms with van der Waals surface area (Å²) in [6, 6.07) is 15.1. The molecule has 0 saturated carbocycles. The topological polar surface area (TPSA) is 64.1 Å². The van der Waals surface area contributed by atoms with Gasteiger partial charge >= 0.3 is 0 Å². The highest BCUT2D eigenvalue weighted by Gasteiger charge is 2.12. The van der Waals surface area contributed by atoms with Crippen LogP contribution in [0.15, 0.2) is 52.9 Å². The van der Waals surface area contributed by atoms with E-state index in [1.54, 1.807) is 18.9 Å². The number of nitrogens with one attached hydrogen (secondary N) is 1. The van der Waals surface area contributed by atoms with E-state index in [1.807, 2.05) is 48.5 Å². The number of benzene rings is 2. The standard InChI is InChI=1S/C18H16ClN3O2S2/c1-24-15-5-3-2-4-13(15)10-16(23)20-17-21-22-18(26-17)25-11-12-6-8-14(19)9-7-12/h2-9H,10-11H2,1H3,(H,20,21,23). The first-order valence-electron chi connectivity index (χ1n) is 7.76. The summed E-state index contributed by atoms with van der Waals surface area (Å²) in [5.74, 6) is 1.31. The van der Waals surface area contributed by atoms with Crippen LogP contribution in [0, 0.1) is 0 Å². The monoisotopic (exact) mass is 405 g/mol. The normalized spacial score (nSPS) is 10.5. The summed E-state index contributed by atoms with van der Waals surface area (Å²) in [5.41, 5.74) is 1.98. The number of para-hydroxylation sites is 1. The van der Waals surface area contributed by atoms with Crippen LogP contribution in [-0.4, -0.2) is 23.2 Å². The fourth-order valence-corrected chi connectivity index (χ4v) is 4.08. The Morgan fingerprint density at radius 3 is 2.73 bits per heavy atom. The van der Waals surface area contributed by atoms with Gasteiger partial charge in [-0.25, -0.2) is 0 Å². The number of carbonyl (C=O) groups is 1. The minimum Gasteiger partial charge on any atom is -0.496 e. The van der Waals surface area contributed by atoms with Gasteiger partial charge in [0.1, 0.15) is 5.75 Å². The number of amides is 1. The summed E-state index contributed by atoms with van der Waals surface area (Å²) in [5, 5.41) is 12.1. The van der Waals surface area contributed by atoms with Crippen LogP contribution in [0.1, 0.15) is 11.1 Å². The maximum Gasteiger partial charge on any atom is 0.230 e. The van der Waals surface area contributed by atoms with Gasteiger partial charge in [-0.15, -0.1) is 10.2 Å². The lowest BCUT2D eigenvalue weighted by Crippen LogP contribution is -2.14. The molecular formula is C18H16ClN3O2S2. The molecule has 1 aromatic heterocycles. The Morgan fingerprint density at radius 1 is 1.19 bits per heavy atom. The third-order valence-corrected chi connectivity index (χ3v) is 5.77. The zero-order chi connectivity index (χ0) is 18.4. The summed E-state index contributed by atoms with van der Waals surface area (Å²) in [7, 11) is 1.59. The van der Waals surface area contributed by atoms with E-state index in [0.717, 1.165) is 26.2 Å². The van der Waals surface area contributed by atoms with Crippen LogP contribution in [0.4, 0.5) is 5.13 Å². The third-order valence-electron chi connectivity index (χ3n) is 3.47. The fraction of sp³-hybridized carbons (Fsp3) is 0.167. The van der Waals surface area contributed by atoms with Crippen LogP contribution in [0.3, 0.4) is 0 Å². The van der Waals surface area contributed by atoms with Gasteiger partial charge in [-0.2, -0.15) is 0 Å². The lowest BCUT2D eigenvalue weighted by Gasteiger charge is -2.07. The number of rotatable bonds is 7. The van der Waals surface area contributed by atoms with E-state index in [1.165, 1.54) is 11.3 Å². The molecule has 0 aliphatic heterocycles. The van der Waals surface area contributed by atoms with Gasteiger partial charge in [0.25, 0.3) is 0 Å². The highest BCUT2D eigenvalue weighted by Crippen LogP contribution is 2.29. The average Bonchev–Trinajstić information content (AvgIpc) is 3.09. The predicted octanol–water partition coefficient (Wildman–Crippen LogP) is 4.67. The van der Waals surface area contributed by atoms with Crippen LogP contribution >= 0.6 is 34.7 Å². The quantitative estimate of drug-likeness (QED) is 0.457. The van der Waals surface area contributed by atoms with Crippen LogP contribution in [0.2, 0.25) is 5.02 Å². The number of anilines is 1. The smallest absolute Gasteiger partial charge is 0.230 e. The summed E-state index contributed by atoms with van der Waals surface area (Å²) in [6.45, 7) is 0. The Balaban J connectivity index is 1.54. The number of nitrogens with zero attached hydrogens (tertiary/aromatic N) is 2. The average molecular weight is 406 g/mol. The first kappa shape index (κ1) is 18.7. The van der Waals surface area contributed by atoms with Crippen molar-refractivity contribution >= 4 is 45.7 Å². The first-order chi connectivity index (χ1) is 12.6. The number of halogens is 1. The Morgan fingerprint density at radius 2 is 1.96 bits per heavy atom. The van der Waals surface area contributed by atoms with E-state index < -0.39 is 0 Å². The summed E-state index contributed by atoms with van der Waals surface area (Å²) >= 11 is 8.81. The largest absolute Gasteiger partial charge is 0.496 e. The van der Waals surface area contributed by atoms with E-state index in [4.69, 9.17) is 16.3 Å². The van der Waals surface area contributed by atoms with E-state index in [0.29, 0.717) is 10.9 Å². The maximum absolute atomic E-state index is 12.2. The number of hydrogen-bond acceptors (Lipinski definition) is 6. The number of methoxy groups -OCH3 is 1. The molecule has 8 heteroatoms. The van der Waals surface area contributed by atoms with Crippen molar-refractivity contribution in [3.05, 3.63) is 64.7 Å². The van der Waals surface area contributed by atoms with Crippen LogP contribution in [0.5, 0.6) is 5.75 Å². The first-order valence-corrected chi connectivity index (χ1v) is 9.94. The summed E-state index contributed by atoms with van der Waals surface area (Å²) < 4.78 is 6.06. The zero-order valence-electron chi connectivity index (χ0n) is 13.9. The molecule has 3 aromatic rings. The molecule has 0 radical (unpaired) electrons. The van der Waals surface area contributed by atoms with Gasteiger partial charge < -0.3 is 10.1 Å². The van der Waals surface area contributed by atoms with E-state index in [9.17, 15) is 4.79 Å². The third kappa shape index (κ3) is 5.20. The molecule has 0 bridgehead atoms. The second-order valence-electron chi connectivity index (χ2n) is 5.33. The van der Waals surface area contributed by atoms with Crippen molar-refractivity contribution in [2.45, 2.75) is 16.5 Å². The van der Waals surface area contributed by atoms with Crippen LogP contribution < -0.4 is 10.1 Å². The SMILES string of the molecule is COc1ccccc1CC(=O)Nc1nnc(SCc2ccc(Cl)cc2)s1. The number of aromatic nitrogens is 2. The Kier molecular flexibility index (Phi) is 6.49. The molecule has 0 spiro atoms. The molecule has 0 unspecified atom stereocenters. The lowest BCUT2D eigenvalue weighted by atomic mass is 10.1. The summed E-state index contributed by atoms with van der Waals surface area (Å²) in [4.78, 5) is 12.2. The van der Waals surface area contributed by atoms with Gasteiger partial charge in [0.15, 0.2) is 4.34 Å². The van der Waals surface area contributed by atoms with Crippen LogP contribution in [0.25, 0.3) is 0 Å². The zero-order valence-corrected chi connectivity index (χ0v) is 16.3. The number of hydrogen-bond donors (Lipinski definition) is 1. The molecule has 0 aliphatic rings. The van der Waals surface area contributed by atoms with Gasteiger partial charge in [-0.05, 0) is 23.8 Å². The lowest BCUT2D eigenvalue weighted by molar-refractivity contribution is -0.115. The minimum atomic E-state index is -0.153. The van der Waals surface area contributed by atoms with Gasteiger partial charge in [-0.1, -0.05) is 65.0 Å². The molecule has 2 aromatic carbocycles. The molecule has 0 aliphatic carbocycles. The van der Waals surface area contributed by atoms with Gasteiger partial charge in [-0.3, -0.25) is 4.79 Å². The number of ether oxygens (including phenoxy) is 1. The Hall–Kier alpha value is -2.09. The molecule has 0 atom stereocenters. The van der Waals surface area contributed by atoms with Crippen LogP contribution in [-0.2, 0) is 17.0 Å². The molecule has 134 valence electrons. The van der Waals surface area contributed by atoms with Crippen molar-refractivity contribution in [2.75, 3.05) is 12.4 Å². The van der Waals surface area contributed by atoms with Gasteiger partial charge in [0.05, 0.1) is 13.5 Å². The number of carbonyl (C=O) groups excluding carboxylic acids is 1. The second kappa shape index (κ2) is 9.02. The van der Waals surface area contributed by atoms with Crippen molar-refractivity contribution in [3.63, 3.8) is 0 Å². The molecule has 0 fully saturated rings.